The summed E-state index contributed by atoms with van der Waals surface area (Å²) in [7, 11) is 0. The van der Waals surface area contributed by atoms with Gasteiger partial charge in [0.2, 0.25) is 0 Å². The molecule has 0 amide bonds. The number of fused-ring (bicyclic) bond motifs is 1. The van der Waals surface area contributed by atoms with E-state index in [1.807, 2.05) is 6.07 Å². The van der Waals surface area contributed by atoms with Gasteiger partial charge in [0.05, 0.1) is 17.1 Å². The highest BCUT2D eigenvalue weighted by atomic mass is 35.5. The van der Waals surface area contributed by atoms with E-state index in [0.717, 1.165) is 24.3 Å². The molecule has 0 saturated carbocycles. The summed E-state index contributed by atoms with van der Waals surface area (Å²) in [6.07, 6.45) is 6.65. The molecule has 1 aromatic carbocycles. The first-order valence-corrected chi connectivity index (χ1v) is 8.11. The second-order valence-electron chi connectivity index (χ2n) is 5.54. The van der Waals surface area contributed by atoms with Crippen LogP contribution in [0.1, 0.15) is 37.8 Å². The van der Waals surface area contributed by atoms with Gasteiger partial charge in [-0.15, -0.1) is 11.6 Å². The standard InChI is InChI=1S/C17H21ClN2/c18-13-14-12-17(15-8-4-5-9-16(15)19-14)20-10-6-2-1-3-7-11-20/h4-5,8-9,12H,1-3,6-7,10-11,13H2. The van der Waals surface area contributed by atoms with E-state index in [4.69, 9.17) is 11.6 Å². The number of anilines is 1. The van der Waals surface area contributed by atoms with Crippen LogP contribution in [0.4, 0.5) is 5.69 Å². The molecule has 2 nitrogen and oxygen atoms in total. The summed E-state index contributed by atoms with van der Waals surface area (Å²) in [6, 6.07) is 10.6. The van der Waals surface area contributed by atoms with Crippen molar-refractivity contribution < 1.29 is 0 Å². The third-order valence-corrected chi connectivity index (χ3v) is 4.35. The van der Waals surface area contributed by atoms with Gasteiger partial charge in [-0.1, -0.05) is 37.5 Å². The molecule has 1 fully saturated rings. The van der Waals surface area contributed by atoms with Gasteiger partial charge in [-0.05, 0) is 25.0 Å². The van der Waals surface area contributed by atoms with E-state index in [0.29, 0.717) is 5.88 Å². The number of pyridine rings is 1. The third-order valence-electron chi connectivity index (χ3n) is 4.08. The SMILES string of the molecule is ClCc1cc(N2CCCCCCC2)c2ccccc2n1. The second kappa shape index (κ2) is 6.45. The summed E-state index contributed by atoms with van der Waals surface area (Å²) >= 11 is 6.02. The number of halogens is 1. The highest BCUT2D eigenvalue weighted by Gasteiger charge is 2.13. The van der Waals surface area contributed by atoms with Crippen molar-refractivity contribution in [2.45, 2.75) is 38.0 Å². The Labute approximate surface area is 125 Å². The van der Waals surface area contributed by atoms with Crippen LogP contribution in [0.25, 0.3) is 10.9 Å². The number of hydrogen-bond acceptors (Lipinski definition) is 2. The molecular weight excluding hydrogens is 268 g/mol. The van der Waals surface area contributed by atoms with E-state index in [1.165, 1.54) is 43.2 Å². The summed E-state index contributed by atoms with van der Waals surface area (Å²) in [5.41, 5.74) is 3.35. The largest absolute Gasteiger partial charge is 0.371 e. The van der Waals surface area contributed by atoms with Crippen molar-refractivity contribution >= 4 is 28.2 Å². The third kappa shape index (κ3) is 2.90. The minimum atomic E-state index is 0.478. The minimum absolute atomic E-state index is 0.478. The summed E-state index contributed by atoms with van der Waals surface area (Å²) in [6.45, 7) is 2.30. The van der Waals surface area contributed by atoms with Crippen molar-refractivity contribution in [3.05, 3.63) is 36.0 Å². The van der Waals surface area contributed by atoms with Crippen LogP contribution in [0.15, 0.2) is 30.3 Å². The number of benzene rings is 1. The molecule has 2 aromatic rings. The first-order valence-electron chi connectivity index (χ1n) is 7.58. The predicted molar refractivity (Wildman–Crippen MR) is 86.6 cm³/mol. The highest BCUT2D eigenvalue weighted by Crippen LogP contribution is 2.29. The number of aromatic nitrogens is 1. The van der Waals surface area contributed by atoms with E-state index in [2.05, 4.69) is 34.1 Å². The lowest BCUT2D eigenvalue weighted by molar-refractivity contribution is 0.557. The molecule has 0 bridgehead atoms. The average Bonchev–Trinajstić information content (AvgIpc) is 2.46. The molecule has 1 aliphatic rings. The van der Waals surface area contributed by atoms with Gasteiger partial charge >= 0.3 is 0 Å². The molecule has 0 spiro atoms. The number of rotatable bonds is 2. The maximum Gasteiger partial charge on any atom is 0.0726 e. The fraction of sp³-hybridized carbons (Fsp3) is 0.471. The Bertz CT molecular complexity index is 574. The monoisotopic (exact) mass is 288 g/mol. The molecule has 2 heterocycles. The second-order valence-corrected chi connectivity index (χ2v) is 5.81. The molecule has 0 aliphatic carbocycles. The molecule has 0 N–H and O–H groups in total. The van der Waals surface area contributed by atoms with Crippen LogP contribution in [0.2, 0.25) is 0 Å². The fourth-order valence-electron chi connectivity index (χ4n) is 3.03. The molecule has 0 unspecified atom stereocenters. The van der Waals surface area contributed by atoms with Gasteiger partial charge in [0.1, 0.15) is 0 Å². The van der Waals surface area contributed by atoms with Crippen LogP contribution in [0, 0.1) is 0 Å². The minimum Gasteiger partial charge on any atom is -0.371 e. The maximum atomic E-state index is 6.02. The van der Waals surface area contributed by atoms with E-state index in [-0.39, 0.29) is 0 Å². The van der Waals surface area contributed by atoms with Gasteiger partial charge < -0.3 is 4.90 Å². The van der Waals surface area contributed by atoms with Gasteiger partial charge in [-0.2, -0.15) is 0 Å². The van der Waals surface area contributed by atoms with E-state index in [9.17, 15) is 0 Å². The van der Waals surface area contributed by atoms with E-state index in [1.54, 1.807) is 0 Å². The highest BCUT2D eigenvalue weighted by molar-refractivity contribution is 6.17. The average molecular weight is 289 g/mol. The lowest BCUT2D eigenvalue weighted by Crippen LogP contribution is -2.27. The number of alkyl halides is 1. The molecular formula is C17H21ClN2. The predicted octanol–water partition coefficient (Wildman–Crippen LogP) is 4.74. The van der Waals surface area contributed by atoms with Crippen molar-refractivity contribution in [1.82, 2.24) is 4.98 Å². The van der Waals surface area contributed by atoms with E-state index >= 15 is 0 Å². The van der Waals surface area contributed by atoms with Crippen LogP contribution < -0.4 is 4.90 Å². The summed E-state index contributed by atoms with van der Waals surface area (Å²) in [5, 5.41) is 1.25. The Morgan fingerprint density at radius 1 is 1.00 bits per heavy atom. The van der Waals surface area contributed by atoms with Gasteiger partial charge in [0.15, 0.2) is 0 Å². The molecule has 0 radical (unpaired) electrons. The summed E-state index contributed by atoms with van der Waals surface area (Å²) in [5.74, 6) is 0.478. The van der Waals surface area contributed by atoms with Crippen LogP contribution >= 0.6 is 11.6 Å². The van der Waals surface area contributed by atoms with Gasteiger partial charge in [0, 0.05) is 24.2 Å². The van der Waals surface area contributed by atoms with Crippen LogP contribution in [0.3, 0.4) is 0 Å². The Kier molecular flexibility index (Phi) is 4.41. The van der Waals surface area contributed by atoms with Crippen molar-refractivity contribution in [1.29, 1.82) is 0 Å². The van der Waals surface area contributed by atoms with Crippen LogP contribution in [-0.2, 0) is 5.88 Å². The van der Waals surface area contributed by atoms with Crippen LogP contribution in [-0.4, -0.2) is 18.1 Å². The molecule has 1 aromatic heterocycles. The number of para-hydroxylation sites is 1. The Balaban J connectivity index is 2.03. The van der Waals surface area contributed by atoms with Crippen molar-refractivity contribution in [2.24, 2.45) is 0 Å². The zero-order chi connectivity index (χ0) is 13.8. The molecule has 1 aliphatic heterocycles. The Morgan fingerprint density at radius 2 is 1.70 bits per heavy atom. The fourth-order valence-corrected chi connectivity index (χ4v) is 3.17. The van der Waals surface area contributed by atoms with Crippen molar-refractivity contribution in [2.75, 3.05) is 18.0 Å². The summed E-state index contributed by atoms with van der Waals surface area (Å²) in [4.78, 5) is 7.16. The molecule has 0 atom stereocenters. The zero-order valence-electron chi connectivity index (χ0n) is 11.8. The normalized spacial score (nSPS) is 16.9. The lowest BCUT2D eigenvalue weighted by atomic mass is 10.1. The number of nitrogens with zero attached hydrogens (tertiary/aromatic N) is 2. The van der Waals surface area contributed by atoms with Crippen LogP contribution in [0.5, 0.6) is 0 Å². The molecule has 106 valence electrons. The Hall–Kier alpha value is -1.28. The quantitative estimate of drug-likeness (QED) is 0.742. The Morgan fingerprint density at radius 3 is 2.45 bits per heavy atom. The van der Waals surface area contributed by atoms with Crippen molar-refractivity contribution in [3.8, 4) is 0 Å². The molecule has 3 rings (SSSR count). The topological polar surface area (TPSA) is 16.1 Å². The van der Waals surface area contributed by atoms with Gasteiger partial charge in [-0.25, -0.2) is 0 Å². The van der Waals surface area contributed by atoms with Crippen molar-refractivity contribution in [3.63, 3.8) is 0 Å². The molecule has 3 heteroatoms. The van der Waals surface area contributed by atoms with Gasteiger partial charge in [0.25, 0.3) is 0 Å². The molecule has 20 heavy (non-hydrogen) atoms. The first-order chi connectivity index (χ1) is 9.88. The summed E-state index contributed by atoms with van der Waals surface area (Å²) < 4.78 is 0. The molecule has 1 saturated heterocycles. The van der Waals surface area contributed by atoms with Gasteiger partial charge in [-0.3, -0.25) is 4.98 Å². The maximum absolute atomic E-state index is 6.02. The zero-order valence-corrected chi connectivity index (χ0v) is 12.6. The first kappa shape index (κ1) is 13.7. The smallest absolute Gasteiger partial charge is 0.0726 e. The number of hydrogen-bond donors (Lipinski definition) is 0. The lowest BCUT2D eigenvalue weighted by Gasteiger charge is -2.28. The van der Waals surface area contributed by atoms with E-state index < -0.39 is 0 Å².